The lowest BCUT2D eigenvalue weighted by Crippen LogP contribution is -2.41. The molecule has 0 spiro atoms. The van der Waals surface area contributed by atoms with Crippen molar-refractivity contribution < 1.29 is 27.5 Å². The van der Waals surface area contributed by atoms with E-state index in [-0.39, 0.29) is 24.2 Å². The van der Waals surface area contributed by atoms with Crippen LogP contribution in [0.1, 0.15) is 30.9 Å². The number of amides is 1. The van der Waals surface area contributed by atoms with Gasteiger partial charge in [-0.3, -0.25) is 9.59 Å². The highest BCUT2D eigenvalue weighted by Crippen LogP contribution is 2.29. The topological polar surface area (TPSA) is 46.6 Å². The zero-order valence-electron chi connectivity index (χ0n) is 13.4. The van der Waals surface area contributed by atoms with Crippen molar-refractivity contribution in [3.05, 3.63) is 35.4 Å². The second kappa shape index (κ2) is 7.68. The third kappa shape index (κ3) is 4.72. The molecule has 0 N–H and O–H groups in total. The molecule has 132 valence electrons. The van der Waals surface area contributed by atoms with E-state index in [0.717, 1.165) is 12.1 Å². The molecule has 0 atom stereocenters. The number of piperidine rings is 1. The summed E-state index contributed by atoms with van der Waals surface area (Å²) in [6.45, 7) is 2.90. The Kier molecular flexibility index (Phi) is 5.85. The zero-order chi connectivity index (χ0) is 17.7. The number of nitrogens with zero attached hydrogens (tertiary/aromatic N) is 1. The molecule has 0 aliphatic carbocycles. The van der Waals surface area contributed by atoms with Crippen LogP contribution in [0.15, 0.2) is 24.3 Å². The van der Waals surface area contributed by atoms with E-state index in [1.807, 2.05) is 0 Å². The van der Waals surface area contributed by atoms with Crippen LogP contribution in [0.3, 0.4) is 0 Å². The number of esters is 1. The lowest BCUT2D eigenvalue weighted by molar-refractivity contribution is -0.151. The van der Waals surface area contributed by atoms with Gasteiger partial charge in [0.1, 0.15) is 0 Å². The number of hydrogen-bond donors (Lipinski definition) is 0. The number of alkyl halides is 3. The maximum absolute atomic E-state index is 12.7. The Morgan fingerprint density at radius 1 is 1.25 bits per heavy atom. The van der Waals surface area contributed by atoms with Gasteiger partial charge in [-0.25, -0.2) is 0 Å². The molecule has 1 aromatic rings. The summed E-state index contributed by atoms with van der Waals surface area (Å²) in [6, 6.07) is 4.80. The fourth-order valence-electron chi connectivity index (χ4n) is 2.77. The van der Waals surface area contributed by atoms with E-state index in [1.54, 1.807) is 11.8 Å². The second-order valence-corrected chi connectivity index (χ2v) is 5.78. The Morgan fingerprint density at radius 2 is 1.92 bits per heavy atom. The third-order valence-electron chi connectivity index (χ3n) is 4.08. The Labute approximate surface area is 138 Å². The van der Waals surface area contributed by atoms with Gasteiger partial charge in [-0.05, 0) is 31.4 Å². The average Bonchev–Trinajstić information content (AvgIpc) is 2.54. The predicted molar refractivity (Wildman–Crippen MR) is 81.1 cm³/mol. The van der Waals surface area contributed by atoms with E-state index in [0.29, 0.717) is 38.1 Å². The summed E-state index contributed by atoms with van der Waals surface area (Å²) in [4.78, 5) is 25.5. The third-order valence-corrected chi connectivity index (χ3v) is 4.08. The van der Waals surface area contributed by atoms with Crippen LogP contribution in [-0.4, -0.2) is 36.5 Å². The van der Waals surface area contributed by atoms with Crippen LogP contribution in [0.25, 0.3) is 0 Å². The summed E-state index contributed by atoms with van der Waals surface area (Å²) >= 11 is 0. The zero-order valence-corrected chi connectivity index (χ0v) is 13.4. The largest absolute Gasteiger partial charge is 0.466 e. The quantitative estimate of drug-likeness (QED) is 0.790. The number of halogens is 3. The molecule has 1 heterocycles. The SMILES string of the molecule is CCOC(=O)C1CCN(C(=O)Cc2cccc(C(F)(F)F)c2)CC1. The summed E-state index contributed by atoms with van der Waals surface area (Å²) in [7, 11) is 0. The smallest absolute Gasteiger partial charge is 0.416 e. The van der Waals surface area contributed by atoms with E-state index in [1.165, 1.54) is 12.1 Å². The molecule has 1 aromatic carbocycles. The van der Waals surface area contributed by atoms with Crippen molar-refractivity contribution in [3.63, 3.8) is 0 Å². The maximum atomic E-state index is 12.7. The van der Waals surface area contributed by atoms with E-state index in [4.69, 9.17) is 4.74 Å². The van der Waals surface area contributed by atoms with Gasteiger partial charge in [0.2, 0.25) is 5.91 Å². The molecular formula is C17H20F3NO3. The summed E-state index contributed by atoms with van der Waals surface area (Å²) in [5.41, 5.74) is -0.420. The molecule has 7 heteroatoms. The molecule has 0 unspecified atom stereocenters. The second-order valence-electron chi connectivity index (χ2n) is 5.78. The number of rotatable bonds is 4. The van der Waals surface area contributed by atoms with Crippen molar-refractivity contribution in [1.29, 1.82) is 0 Å². The molecule has 0 aromatic heterocycles. The molecule has 0 radical (unpaired) electrons. The van der Waals surface area contributed by atoms with Gasteiger partial charge in [0.05, 0.1) is 24.5 Å². The molecule has 1 aliphatic rings. The maximum Gasteiger partial charge on any atom is 0.416 e. The fraction of sp³-hybridized carbons (Fsp3) is 0.529. The van der Waals surface area contributed by atoms with Crippen LogP contribution >= 0.6 is 0 Å². The molecular weight excluding hydrogens is 323 g/mol. The van der Waals surface area contributed by atoms with E-state index in [9.17, 15) is 22.8 Å². The van der Waals surface area contributed by atoms with Gasteiger partial charge in [-0.1, -0.05) is 18.2 Å². The highest BCUT2D eigenvalue weighted by atomic mass is 19.4. The number of hydrogen-bond acceptors (Lipinski definition) is 3. The summed E-state index contributed by atoms with van der Waals surface area (Å²) in [5.74, 6) is -0.679. The first-order chi connectivity index (χ1) is 11.3. The Morgan fingerprint density at radius 3 is 2.50 bits per heavy atom. The van der Waals surface area contributed by atoms with Crippen molar-refractivity contribution in [1.82, 2.24) is 4.90 Å². The first-order valence-electron chi connectivity index (χ1n) is 7.91. The molecule has 1 amide bonds. The first kappa shape index (κ1) is 18.3. The van der Waals surface area contributed by atoms with Gasteiger partial charge in [0.15, 0.2) is 0 Å². The summed E-state index contributed by atoms with van der Waals surface area (Å²) in [5, 5.41) is 0. The van der Waals surface area contributed by atoms with Crippen molar-refractivity contribution in [3.8, 4) is 0 Å². The number of carbonyl (C=O) groups is 2. The minimum absolute atomic E-state index is 0.0754. The average molecular weight is 343 g/mol. The van der Waals surface area contributed by atoms with Gasteiger partial charge < -0.3 is 9.64 Å². The lowest BCUT2D eigenvalue weighted by Gasteiger charge is -2.31. The highest BCUT2D eigenvalue weighted by molar-refractivity contribution is 5.79. The normalized spacial score (nSPS) is 16.1. The molecule has 1 saturated heterocycles. The van der Waals surface area contributed by atoms with Crippen molar-refractivity contribution in [2.75, 3.05) is 19.7 Å². The van der Waals surface area contributed by atoms with E-state index < -0.39 is 11.7 Å². The Hall–Kier alpha value is -2.05. The number of carbonyl (C=O) groups excluding carboxylic acids is 2. The molecule has 0 saturated carbocycles. The van der Waals surface area contributed by atoms with Gasteiger partial charge in [0.25, 0.3) is 0 Å². The number of ether oxygens (including phenoxy) is 1. The minimum atomic E-state index is -4.42. The number of benzene rings is 1. The van der Waals surface area contributed by atoms with E-state index >= 15 is 0 Å². The molecule has 2 rings (SSSR count). The van der Waals surface area contributed by atoms with Crippen LogP contribution in [0.4, 0.5) is 13.2 Å². The first-order valence-corrected chi connectivity index (χ1v) is 7.91. The minimum Gasteiger partial charge on any atom is -0.466 e. The van der Waals surface area contributed by atoms with Crippen molar-refractivity contribution in [2.24, 2.45) is 5.92 Å². The molecule has 1 aliphatic heterocycles. The standard InChI is InChI=1S/C17H20F3NO3/c1-2-24-16(23)13-6-8-21(9-7-13)15(22)11-12-4-3-5-14(10-12)17(18,19)20/h3-5,10,13H,2,6-9,11H2,1H3. The molecule has 0 bridgehead atoms. The van der Waals surface area contributed by atoms with Gasteiger partial charge in [-0.2, -0.15) is 13.2 Å². The van der Waals surface area contributed by atoms with Crippen molar-refractivity contribution in [2.45, 2.75) is 32.4 Å². The fourth-order valence-corrected chi connectivity index (χ4v) is 2.77. The van der Waals surface area contributed by atoms with Gasteiger partial charge >= 0.3 is 12.1 Å². The Bertz CT molecular complexity index is 593. The van der Waals surface area contributed by atoms with Crippen molar-refractivity contribution >= 4 is 11.9 Å². The monoisotopic (exact) mass is 343 g/mol. The molecule has 24 heavy (non-hydrogen) atoms. The number of likely N-dealkylation sites (tertiary alicyclic amines) is 1. The van der Waals surface area contributed by atoms with Crippen LogP contribution < -0.4 is 0 Å². The molecule has 1 fully saturated rings. The van der Waals surface area contributed by atoms with Crippen LogP contribution in [0, 0.1) is 5.92 Å². The summed E-state index contributed by atoms with van der Waals surface area (Å²) in [6.07, 6.45) is -3.45. The van der Waals surface area contributed by atoms with Gasteiger partial charge in [0, 0.05) is 13.1 Å². The van der Waals surface area contributed by atoms with E-state index in [2.05, 4.69) is 0 Å². The summed E-state index contributed by atoms with van der Waals surface area (Å²) < 4.78 is 43.1. The lowest BCUT2D eigenvalue weighted by atomic mass is 9.96. The highest BCUT2D eigenvalue weighted by Gasteiger charge is 2.31. The van der Waals surface area contributed by atoms with Crippen LogP contribution in [0.2, 0.25) is 0 Å². The van der Waals surface area contributed by atoms with Crippen LogP contribution in [0.5, 0.6) is 0 Å². The predicted octanol–water partition coefficient (Wildman–Crippen LogP) is 3.05. The molecule has 4 nitrogen and oxygen atoms in total. The van der Waals surface area contributed by atoms with Gasteiger partial charge in [-0.15, -0.1) is 0 Å². The van der Waals surface area contributed by atoms with Crippen LogP contribution in [-0.2, 0) is 26.9 Å². The Balaban J connectivity index is 1.91.